The highest BCUT2D eigenvalue weighted by Gasteiger charge is 2.49. The van der Waals surface area contributed by atoms with E-state index < -0.39 is 11.0 Å². The number of ketones is 1. The van der Waals surface area contributed by atoms with E-state index in [1.807, 2.05) is 106 Å². The molecule has 0 radical (unpaired) electrons. The lowest BCUT2D eigenvalue weighted by Gasteiger charge is -2.38. The van der Waals surface area contributed by atoms with Crippen LogP contribution in [0.3, 0.4) is 0 Å². The summed E-state index contributed by atoms with van der Waals surface area (Å²) in [6.07, 6.45) is 3.08. The Hall–Kier alpha value is -4.51. The third-order valence-electron chi connectivity index (χ3n) is 6.43. The van der Waals surface area contributed by atoms with Gasteiger partial charge in [0.1, 0.15) is 24.2 Å². The van der Waals surface area contributed by atoms with Gasteiger partial charge in [-0.2, -0.15) is 5.10 Å². The molecule has 37 heavy (non-hydrogen) atoms. The molecule has 0 spiro atoms. The summed E-state index contributed by atoms with van der Waals surface area (Å²) in [5.74, 6) is 1.44. The van der Waals surface area contributed by atoms with Crippen LogP contribution in [0.1, 0.15) is 31.9 Å². The second-order valence-corrected chi connectivity index (χ2v) is 10.0. The van der Waals surface area contributed by atoms with Crippen LogP contribution in [-0.2, 0) is 10.3 Å². The zero-order valence-electron chi connectivity index (χ0n) is 21.2. The summed E-state index contributed by atoms with van der Waals surface area (Å²) < 4.78 is 7.69. The van der Waals surface area contributed by atoms with Gasteiger partial charge in [-0.25, -0.2) is 9.67 Å². The summed E-state index contributed by atoms with van der Waals surface area (Å²) in [7, 11) is 0. The molecule has 184 valence electrons. The molecule has 1 atom stereocenters. The molecule has 1 heterocycles. The number of Topliss-reactive ketones (excluding diaryl/α,β-unsaturated/α-hetero) is 1. The molecule has 1 aromatic heterocycles. The first-order valence-electron chi connectivity index (χ1n) is 12.3. The molecular formula is C32H29N3O2. The SMILES string of the molecule is CC(C)(C)C(=O)C(c1ccc(Oc2ccccc2)cc1)(c1ccc(-c2ccccc2)cc1)n1cncn1. The van der Waals surface area contributed by atoms with E-state index in [1.54, 1.807) is 11.0 Å². The van der Waals surface area contributed by atoms with E-state index in [1.165, 1.54) is 6.33 Å². The van der Waals surface area contributed by atoms with Gasteiger partial charge in [0.2, 0.25) is 0 Å². The van der Waals surface area contributed by atoms with Crippen LogP contribution in [0.15, 0.2) is 122 Å². The molecule has 0 aliphatic carbocycles. The minimum absolute atomic E-state index is 0.00897. The maximum atomic E-state index is 14.4. The smallest absolute Gasteiger partial charge is 0.174 e. The number of nitrogens with zero attached hydrogens (tertiary/aromatic N) is 3. The highest BCUT2D eigenvalue weighted by atomic mass is 16.5. The fourth-order valence-corrected chi connectivity index (χ4v) is 4.64. The second-order valence-electron chi connectivity index (χ2n) is 10.0. The van der Waals surface area contributed by atoms with Gasteiger partial charge in [-0.15, -0.1) is 0 Å². The standard InChI is InChI=1S/C32H29N3O2/c1-31(2,3)30(36)32(35-23-33-22-34-35,26-16-14-25(15-17-26)24-10-6-4-7-11-24)27-18-20-29(21-19-27)37-28-12-8-5-9-13-28/h4-23H,1-3H3. The molecule has 0 bridgehead atoms. The number of benzene rings is 4. The first-order valence-corrected chi connectivity index (χ1v) is 12.3. The van der Waals surface area contributed by atoms with Crippen LogP contribution in [0.4, 0.5) is 0 Å². The van der Waals surface area contributed by atoms with Gasteiger partial charge in [0, 0.05) is 5.41 Å². The van der Waals surface area contributed by atoms with Crippen molar-refractivity contribution >= 4 is 5.78 Å². The van der Waals surface area contributed by atoms with Gasteiger partial charge in [0.15, 0.2) is 11.3 Å². The first-order chi connectivity index (χ1) is 17.9. The van der Waals surface area contributed by atoms with Crippen molar-refractivity contribution in [3.8, 4) is 22.6 Å². The summed E-state index contributed by atoms with van der Waals surface area (Å²) in [5, 5.41) is 4.50. The molecule has 0 aliphatic heterocycles. The van der Waals surface area contributed by atoms with Crippen molar-refractivity contribution < 1.29 is 9.53 Å². The molecule has 5 aromatic rings. The van der Waals surface area contributed by atoms with Crippen LogP contribution >= 0.6 is 0 Å². The molecule has 0 amide bonds. The molecule has 4 aromatic carbocycles. The normalized spacial score (nSPS) is 13.1. The average Bonchev–Trinajstić information content (AvgIpc) is 3.46. The van der Waals surface area contributed by atoms with Crippen LogP contribution < -0.4 is 4.74 Å². The Bertz CT molecular complexity index is 1460. The molecule has 0 saturated carbocycles. The quantitative estimate of drug-likeness (QED) is 0.245. The molecular weight excluding hydrogens is 458 g/mol. The maximum Gasteiger partial charge on any atom is 0.174 e. The molecule has 5 heteroatoms. The number of carbonyl (C=O) groups excluding carboxylic acids is 1. The molecule has 0 N–H and O–H groups in total. The number of ether oxygens (including phenoxy) is 1. The lowest BCUT2D eigenvalue weighted by Crippen LogP contribution is -2.49. The Morgan fingerprint density at radius 2 is 1.19 bits per heavy atom. The van der Waals surface area contributed by atoms with E-state index in [4.69, 9.17) is 4.74 Å². The van der Waals surface area contributed by atoms with E-state index in [9.17, 15) is 4.79 Å². The Morgan fingerprint density at radius 1 is 0.676 bits per heavy atom. The predicted octanol–water partition coefficient (Wildman–Crippen LogP) is 7.14. The lowest BCUT2D eigenvalue weighted by atomic mass is 9.70. The summed E-state index contributed by atoms with van der Waals surface area (Å²) in [4.78, 5) is 18.6. The highest BCUT2D eigenvalue weighted by Crippen LogP contribution is 2.41. The topological polar surface area (TPSA) is 57.0 Å². The first kappa shape index (κ1) is 24.2. The molecule has 1 unspecified atom stereocenters. The molecule has 0 fully saturated rings. The predicted molar refractivity (Wildman–Crippen MR) is 145 cm³/mol. The number of aromatic nitrogens is 3. The summed E-state index contributed by atoms with van der Waals surface area (Å²) in [5.41, 5.74) is 1.91. The van der Waals surface area contributed by atoms with Gasteiger partial charge in [0.25, 0.3) is 0 Å². The average molecular weight is 488 g/mol. The van der Waals surface area contributed by atoms with E-state index in [0.29, 0.717) is 5.75 Å². The van der Waals surface area contributed by atoms with Gasteiger partial charge in [0.05, 0.1) is 0 Å². The number of hydrogen-bond acceptors (Lipinski definition) is 4. The van der Waals surface area contributed by atoms with E-state index in [0.717, 1.165) is 28.0 Å². The van der Waals surface area contributed by atoms with Crippen molar-refractivity contribution in [3.63, 3.8) is 0 Å². The number of para-hydroxylation sites is 1. The van der Waals surface area contributed by atoms with Gasteiger partial charge in [-0.05, 0) is 46.5 Å². The van der Waals surface area contributed by atoms with Gasteiger partial charge >= 0.3 is 0 Å². The van der Waals surface area contributed by atoms with Crippen LogP contribution in [0.2, 0.25) is 0 Å². The van der Waals surface area contributed by atoms with Crippen LogP contribution in [-0.4, -0.2) is 20.5 Å². The Morgan fingerprint density at radius 3 is 1.73 bits per heavy atom. The fourth-order valence-electron chi connectivity index (χ4n) is 4.64. The second kappa shape index (κ2) is 9.86. The van der Waals surface area contributed by atoms with Gasteiger partial charge in [-0.3, -0.25) is 4.79 Å². The number of rotatable bonds is 7. The van der Waals surface area contributed by atoms with Crippen LogP contribution in [0, 0.1) is 5.41 Å². The van der Waals surface area contributed by atoms with Crippen molar-refractivity contribution in [3.05, 3.63) is 133 Å². The molecule has 0 aliphatic rings. The van der Waals surface area contributed by atoms with Crippen LogP contribution in [0.25, 0.3) is 11.1 Å². The molecule has 5 nitrogen and oxygen atoms in total. The summed E-state index contributed by atoms with van der Waals surface area (Å²) >= 11 is 0. The zero-order chi connectivity index (χ0) is 25.9. The molecule has 0 saturated heterocycles. The Balaban J connectivity index is 1.65. The van der Waals surface area contributed by atoms with Crippen molar-refractivity contribution in [1.82, 2.24) is 14.8 Å². The van der Waals surface area contributed by atoms with E-state index in [2.05, 4.69) is 34.3 Å². The third-order valence-corrected chi connectivity index (χ3v) is 6.43. The van der Waals surface area contributed by atoms with Crippen molar-refractivity contribution in [2.75, 3.05) is 0 Å². The zero-order valence-corrected chi connectivity index (χ0v) is 21.2. The lowest BCUT2D eigenvalue weighted by molar-refractivity contribution is -0.132. The Kier molecular flexibility index (Phi) is 6.45. The third kappa shape index (κ3) is 4.68. The van der Waals surface area contributed by atoms with Gasteiger partial charge in [-0.1, -0.05) is 106 Å². The minimum atomic E-state index is -1.21. The molecule has 5 rings (SSSR count). The number of hydrogen-bond donors (Lipinski definition) is 0. The van der Waals surface area contributed by atoms with E-state index >= 15 is 0 Å². The highest BCUT2D eigenvalue weighted by molar-refractivity contribution is 5.97. The maximum absolute atomic E-state index is 14.4. The van der Waals surface area contributed by atoms with Gasteiger partial charge < -0.3 is 4.74 Å². The van der Waals surface area contributed by atoms with Crippen molar-refractivity contribution in [2.45, 2.75) is 26.3 Å². The van der Waals surface area contributed by atoms with Crippen LogP contribution in [0.5, 0.6) is 11.5 Å². The van der Waals surface area contributed by atoms with E-state index in [-0.39, 0.29) is 5.78 Å². The fraction of sp³-hybridized carbons (Fsp3) is 0.156. The van der Waals surface area contributed by atoms with Crippen molar-refractivity contribution in [1.29, 1.82) is 0 Å². The Labute approximate surface area is 217 Å². The monoisotopic (exact) mass is 487 g/mol. The summed E-state index contributed by atoms with van der Waals surface area (Å²) in [6.45, 7) is 5.81. The van der Waals surface area contributed by atoms with Crippen molar-refractivity contribution in [2.24, 2.45) is 5.41 Å². The number of carbonyl (C=O) groups is 1. The largest absolute Gasteiger partial charge is 0.457 e. The summed E-state index contributed by atoms with van der Waals surface area (Å²) in [6, 6.07) is 35.6. The minimum Gasteiger partial charge on any atom is -0.457 e.